The summed E-state index contributed by atoms with van der Waals surface area (Å²) in [5.74, 6) is -1.20. The number of carbonyl (C=O) groups is 2. The minimum absolute atomic E-state index is 0. The van der Waals surface area contributed by atoms with E-state index >= 15 is 0 Å². The average molecular weight is 231 g/mol. The van der Waals surface area contributed by atoms with Crippen molar-refractivity contribution in [1.29, 1.82) is 0 Å². The Hall–Kier alpha value is -1.62. The Balaban J connectivity index is 0.00000196. The first kappa shape index (κ1) is 13.4. The SMILES string of the molecule is O=C(O)CCNC(=O)c1ccc[nH+]c1.[Cl-]. The highest BCUT2D eigenvalue weighted by molar-refractivity contribution is 5.93. The van der Waals surface area contributed by atoms with Crippen LogP contribution in [-0.4, -0.2) is 23.5 Å². The smallest absolute Gasteiger partial charge is 0.305 e. The Bertz CT molecular complexity index is 329. The van der Waals surface area contributed by atoms with E-state index in [0.717, 1.165) is 0 Å². The summed E-state index contributed by atoms with van der Waals surface area (Å²) in [6.07, 6.45) is 3.17. The van der Waals surface area contributed by atoms with Gasteiger partial charge in [-0.1, -0.05) is 0 Å². The molecular formula is C9H11ClN2O3. The fourth-order valence-corrected chi connectivity index (χ4v) is 0.920. The van der Waals surface area contributed by atoms with Gasteiger partial charge in [-0.2, -0.15) is 0 Å². The minimum Gasteiger partial charge on any atom is -1.00 e. The number of aromatic nitrogens is 1. The molecule has 0 saturated carbocycles. The summed E-state index contributed by atoms with van der Waals surface area (Å²) in [5, 5.41) is 10.8. The Labute approximate surface area is 92.9 Å². The molecule has 0 spiro atoms. The highest BCUT2D eigenvalue weighted by atomic mass is 35.5. The van der Waals surface area contributed by atoms with Gasteiger partial charge in [-0.05, 0) is 6.07 Å². The van der Waals surface area contributed by atoms with Gasteiger partial charge in [0.25, 0.3) is 5.91 Å². The first-order valence-corrected chi connectivity index (χ1v) is 4.16. The number of H-pyrrole nitrogens is 1. The molecule has 1 heterocycles. The van der Waals surface area contributed by atoms with E-state index in [0.29, 0.717) is 5.56 Å². The number of aromatic amines is 1. The van der Waals surface area contributed by atoms with Crippen LogP contribution in [0.2, 0.25) is 0 Å². The van der Waals surface area contributed by atoms with Crippen molar-refractivity contribution in [2.24, 2.45) is 0 Å². The normalized spacial score (nSPS) is 8.80. The topological polar surface area (TPSA) is 80.5 Å². The van der Waals surface area contributed by atoms with Gasteiger partial charge in [0.15, 0.2) is 12.4 Å². The van der Waals surface area contributed by atoms with Crippen molar-refractivity contribution < 1.29 is 32.1 Å². The zero-order valence-corrected chi connectivity index (χ0v) is 8.62. The molecule has 0 unspecified atom stereocenters. The maximum Gasteiger partial charge on any atom is 0.305 e. The first-order chi connectivity index (χ1) is 6.70. The number of pyridine rings is 1. The summed E-state index contributed by atoms with van der Waals surface area (Å²) in [7, 11) is 0. The number of carboxylic acid groups (broad SMARTS) is 1. The number of hydrogen-bond donors (Lipinski definition) is 2. The first-order valence-electron chi connectivity index (χ1n) is 4.16. The van der Waals surface area contributed by atoms with Crippen LogP contribution in [0.15, 0.2) is 24.5 Å². The van der Waals surface area contributed by atoms with Crippen molar-refractivity contribution in [3.63, 3.8) is 0 Å². The third-order valence-corrected chi connectivity index (χ3v) is 1.59. The second-order valence-electron chi connectivity index (χ2n) is 2.69. The lowest BCUT2D eigenvalue weighted by atomic mass is 10.2. The van der Waals surface area contributed by atoms with Gasteiger partial charge in [0.1, 0.15) is 5.56 Å². The van der Waals surface area contributed by atoms with E-state index < -0.39 is 5.97 Å². The molecule has 0 bridgehead atoms. The zero-order valence-electron chi connectivity index (χ0n) is 7.87. The van der Waals surface area contributed by atoms with Crippen LogP contribution in [0.1, 0.15) is 16.8 Å². The molecule has 1 rings (SSSR count). The third-order valence-electron chi connectivity index (χ3n) is 1.59. The van der Waals surface area contributed by atoms with Gasteiger partial charge in [-0.15, -0.1) is 0 Å². The quantitative estimate of drug-likeness (QED) is 0.569. The number of rotatable bonds is 4. The molecule has 1 amide bonds. The number of amides is 1. The lowest BCUT2D eigenvalue weighted by Gasteiger charge is -2.00. The summed E-state index contributed by atoms with van der Waals surface area (Å²) in [4.78, 5) is 24.2. The fraction of sp³-hybridized carbons (Fsp3) is 0.222. The molecular weight excluding hydrogens is 220 g/mol. The number of carboxylic acids is 1. The van der Waals surface area contributed by atoms with E-state index in [1.165, 1.54) is 0 Å². The molecule has 0 aliphatic carbocycles. The number of aliphatic carboxylic acids is 1. The van der Waals surface area contributed by atoms with Crippen LogP contribution in [0.25, 0.3) is 0 Å². The van der Waals surface area contributed by atoms with Crippen molar-refractivity contribution in [3.05, 3.63) is 30.1 Å². The summed E-state index contributed by atoms with van der Waals surface area (Å²) in [6.45, 7) is 0.142. The summed E-state index contributed by atoms with van der Waals surface area (Å²) < 4.78 is 0. The van der Waals surface area contributed by atoms with Crippen LogP contribution in [0.5, 0.6) is 0 Å². The van der Waals surface area contributed by atoms with E-state index in [2.05, 4.69) is 10.3 Å². The molecule has 5 nitrogen and oxygen atoms in total. The molecule has 0 saturated heterocycles. The zero-order chi connectivity index (χ0) is 10.4. The number of nitrogens with one attached hydrogen (secondary N) is 2. The number of carbonyl (C=O) groups excluding carboxylic acids is 1. The van der Waals surface area contributed by atoms with Crippen molar-refractivity contribution in [1.82, 2.24) is 5.32 Å². The number of hydrogen-bond acceptors (Lipinski definition) is 2. The fourth-order valence-electron chi connectivity index (χ4n) is 0.920. The minimum atomic E-state index is -0.926. The van der Waals surface area contributed by atoms with E-state index in [1.807, 2.05) is 0 Å². The second kappa shape index (κ2) is 6.78. The Morgan fingerprint density at radius 1 is 1.47 bits per heavy atom. The Morgan fingerprint density at radius 2 is 2.20 bits per heavy atom. The predicted octanol–water partition coefficient (Wildman–Crippen LogP) is -3.29. The van der Waals surface area contributed by atoms with Gasteiger partial charge in [-0.25, -0.2) is 4.98 Å². The molecule has 6 heteroatoms. The van der Waals surface area contributed by atoms with Crippen LogP contribution in [0.3, 0.4) is 0 Å². The molecule has 0 fully saturated rings. The van der Waals surface area contributed by atoms with Crippen molar-refractivity contribution in [2.45, 2.75) is 6.42 Å². The predicted molar refractivity (Wildman–Crippen MR) is 47.6 cm³/mol. The summed E-state index contributed by atoms with van der Waals surface area (Å²) in [6, 6.07) is 3.35. The third kappa shape index (κ3) is 4.97. The van der Waals surface area contributed by atoms with Crippen LogP contribution in [0.4, 0.5) is 0 Å². The molecule has 15 heavy (non-hydrogen) atoms. The van der Waals surface area contributed by atoms with Crippen LogP contribution in [-0.2, 0) is 4.79 Å². The van der Waals surface area contributed by atoms with Crippen molar-refractivity contribution >= 4 is 11.9 Å². The average Bonchev–Trinajstić information content (AvgIpc) is 2.18. The molecule has 0 aliphatic heterocycles. The van der Waals surface area contributed by atoms with Gasteiger partial charge < -0.3 is 22.8 Å². The van der Waals surface area contributed by atoms with Crippen molar-refractivity contribution in [2.75, 3.05) is 6.54 Å². The van der Waals surface area contributed by atoms with E-state index in [4.69, 9.17) is 5.11 Å². The van der Waals surface area contributed by atoms with Crippen LogP contribution >= 0.6 is 0 Å². The molecule has 1 aromatic heterocycles. The molecule has 0 atom stereocenters. The van der Waals surface area contributed by atoms with Crippen molar-refractivity contribution in [3.8, 4) is 0 Å². The monoisotopic (exact) mass is 230 g/mol. The second-order valence-corrected chi connectivity index (χ2v) is 2.69. The van der Waals surface area contributed by atoms with Gasteiger partial charge in [0, 0.05) is 12.6 Å². The largest absolute Gasteiger partial charge is 1.00 e. The van der Waals surface area contributed by atoms with E-state index in [1.54, 1.807) is 24.5 Å². The number of halogens is 1. The molecule has 0 aromatic carbocycles. The van der Waals surface area contributed by atoms with Crippen LogP contribution in [0, 0.1) is 0 Å². The summed E-state index contributed by atoms with van der Waals surface area (Å²) >= 11 is 0. The van der Waals surface area contributed by atoms with Gasteiger partial charge >= 0.3 is 5.97 Å². The highest BCUT2D eigenvalue weighted by Gasteiger charge is 2.06. The molecule has 3 N–H and O–H groups in total. The van der Waals surface area contributed by atoms with Crippen LogP contribution < -0.4 is 22.7 Å². The Kier molecular flexibility index (Phi) is 6.05. The molecule has 82 valence electrons. The van der Waals surface area contributed by atoms with Gasteiger partial charge in [0.2, 0.25) is 0 Å². The summed E-state index contributed by atoms with van der Waals surface area (Å²) in [5.41, 5.74) is 0.484. The standard InChI is InChI=1S/C9H10N2O3.ClH/c12-8(13)3-5-11-9(14)7-2-1-4-10-6-7;/h1-2,4,6H,3,5H2,(H,11,14)(H,12,13);1H. The lowest BCUT2D eigenvalue weighted by Crippen LogP contribution is -3.00. The van der Waals surface area contributed by atoms with Gasteiger partial charge in [0.05, 0.1) is 6.42 Å². The Morgan fingerprint density at radius 3 is 2.73 bits per heavy atom. The highest BCUT2D eigenvalue weighted by Crippen LogP contribution is 1.92. The maximum absolute atomic E-state index is 11.3. The molecule has 0 radical (unpaired) electrons. The molecule has 1 aromatic rings. The lowest BCUT2D eigenvalue weighted by molar-refractivity contribution is -0.378. The maximum atomic E-state index is 11.3. The van der Waals surface area contributed by atoms with Gasteiger partial charge in [-0.3, -0.25) is 9.59 Å². The van der Waals surface area contributed by atoms with E-state index in [9.17, 15) is 9.59 Å². The molecule has 0 aliphatic rings. The van der Waals surface area contributed by atoms with E-state index in [-0.39, 0.29) is 31.3 Å².